The maximum absolute atomic E-state index is 12.2. The number of nitrogens with zero attached hydrogens (tertiary/aromatic N) is 1. The van der Waals surface area contributed by atoms with Crippen LogP contribution in [-0.4, -0.2) is 44.4 Å². The van der Waals surface area contributed by atoms with Crippen LogP contribution in [0.4, 0.5) is 5.69 Å². The maximum atomic E-state index is 12.2. The molecule has 122 valence electrons. The van der Waals surface area contributed by atoms with Gasteiger partial charge < -0.3 is 10.4 Å². The highest BCUT2D eigenvalue weighted by atomic mass is 35.5. The van der Waals surface area contributed by atoms with Crippen molar-refractivity contribution < 1.29 is 18.3 Å². The summed E-state index contributed by atoms with van der Waals surface area (Å²) < 4.78 is 25.6. The molecular formula is C14H19ClN2O4S. The average molecular weight is 347 g/mol. The van der Waals surface area contributed by atoms with Crippen molar-refractivity contribution in [1.29, 1.82) is 0 Å². The first-order chi connectivity index (χ1) is 10.3. The number of carbonyl (C=O) groups excluding carboxylic acids is 1. The smallest absolute Gasteiger partial charge is 0.253 e. The highest BCUT2D eigenvalue weighted by Crippen LogP contribution is 2.28. The molecule has 6 nitrogen and oxygen atoms in total. The molecule has 0 saturated carbocycles. The quantitative estimate of drug-likeness (QED) is 0.862. The Labute approximate surface area is 135 Å². The van der Waals surface area contributed by atoms with Crippen LogP contribution in [0.2, 0.25) is 5.02 Å². The summed E-state index contributed by atoms with van der Waals surface area (Å²) in [6.07, 6.45) is 1.43. The lowest BCUT2D eigenvalue weighted by atomic mass is 10.1. The molecule has 1 aliphatic rings. The number of hydrogen-bond acceptors (Lipinski definition) is 4. The molecule has 22 heavy (non-hydrogen) atoms. The molecule has 0 aliphatic carbocycles. The Morgan fingerprint density at radius 1 is 1.45 bits per heavy atom. The van der Waals surface area contributed by atoms with Crippen molar-refractivity contribution in [3.63, 3.8) is 0 Å². The Morgan fingerprint density at radius 2 is 2.18 bits per heavy atom. The Bertz CT molecular complexity index is 663. The molecule has 0 spiro atoms. The van der Waals surface area contributed by atoms with Crippen LogP contribution in [0.25, 0.3) is 0 Å². The molecule has 2 N–H and O–H groups in total. The Hall–Kier alpha value is -1.31. The van der Waals surface area contributed by atoms with Crippen molar-refractivity contribution >= 4 is 33.2 Å². The molecule has 0 aromatic heterocycles. The van der Waals surface area contributed by atoms with Crippen molar-refractivity contribution in [3.05, 3.63) is 28.8 Å². The predicted molar refractivity (Wildman–Crippen MR) is 85.8 cm³/mol. The van der Waals surface area contributed by atoms with E-state index in [-0.39, 0.29) is 22.9 Å². The molecule has 1 amide bonds. The molecule has 0 radical (unpaired) electrons. The van der Waals surface area contributed by atoms with E-state index in [4.69, 9.17) is 16.7 Å². The van der Waals surface area contributed by atoms with Gasteiger partial charge in [0.05, 0.1) is 28.6 Å². The summed E-state index contributed by atoms with van der Waals surface area (Å²) in [5.74, 6) is -0.332. The first kappa shape index (κ1) is 17.1. The highest BCUT2D eigenvalue weighted by Gasteiger charge is 2.27. The van der Waals surface area contributed by atoms with Crippen molar-refractivity contribution in [1.82, 2.24) is 5.32 Å². The summed E-state index contributed by atoms with van der Waals surface area (Å²) in [4.78, 5) is 12.2. The van der Waals surface area contributed by atoms with Crippen LogP contribution in [0, 0.1) is 0 Å². The average Bonchev–Trinajstić information content (AvgIpc) is 2.47. The van der Waals surface area contributed by atoms with E-state index in [1.807, 2.05) is 0 Å². The molecule has 0 unspecified atom stereocenters. The van der Waals surface area contributed by atoms with Crippen LogP contribution >= 0.6 is 11.6 Å². The first-order valence-corrected chi connectivity index (χ1v) is 9.05. The minimum Gasteiger partial charge on any atom is -0.394 e. The van der Waals surface area contributed by atoms with E-state index in [0.717, 1.165) is 6.42 Å². The van der Waals surface area contributed by atoms with E-state index in [2.05, 4.69) is 5.32 Å². The molecule has 1 saturated heterocycles. The zero-order valence-corrected chi connectivity index (χ0v) is 13.8. The van der Waals surface area contributed by atoms with E-state index in [9.17, 15) is 13.2 Å². The summed E-state index contributed by atoms with van der Waals surface area (Å²) in [6, 6.07) is 4.17. The van der Waals surface area contributed by atoms with Crippen LogP contribution < -0.4 is 9.62 Å². The summed E-state index contributed by atoms with van der Waals surface area (Å²) in [5, 5.41) is 11.8. The highest BCUT2D eigenvalue weighted by molar-refractivity contribution is 7.92. The second kappa shape index (κ2) is 6.85. The second-order valence-electron chi connectivity index (χ2n) is 5.32. The van der Waals surface area contributed by atoms with Crippen molar-refractivity contribution in [2.45, 2.75) is 25.8 Å². The number of nitrogens with one attached hydrogen (secondary N) is 1. The number of aliphatic hydroxyl groups is 1. The van der Waals surface area contributed by atoms with Gasteiger partial charge in [-0.15, -0.1) is 0 Å². The van der Waals surface area contributed by atoms with Crippen molar-refractivity contribution in [2.24, 2.45) is 0 Å². The molecule has 1 fully saturated rings. The maximum Gasteiger partial charge on any atom is 0.253 e. The third kappa shape index (κ3) is 3.71. The molecule has 2 rings (SSSR count). The van der Waals surface area contributed by atoms with Gasteiger partial charge in [0.2, 0.25) is 10.0 Å². The number of anilines is 1. The van der Waals surface area contributed by atoms with Crippen LogP contribution in [0.1, 0.15) is 30.1 Å². The lowest BCUT2D eigenvalue weighted by Crippen LogP contribution is -2.38. The predicted octanol–water partition coefficient (Wildman–Crippen LogP) is 1.38. The van der Waals surface area contributed by atoms with E-state index in [1.165, 1.54) is 16.4 Å². The molecule has 1 aromatic rings. The lowest BCUT2D eigenvalue weighted by molar-refractivity contribution is 0.0922. The van der Waals surface area contributed by atoms with Gasteiger partial charge in [-0.2, -0.15) is 0 Å². The van der Waals surface area contributed by atoms with E-state index in [1.54, 1.807) is 13.0 Å². The number of benzene rings is 1. The van der Waals surface area contributed by atoms with Gasteiger partial charge in [0.1, 0.15) is 0 Å². The number of aliphatic hydroxyl groups excluding tert-OH is 1. The third-order valence-electron chi connectivity index (χ3n) is 3.48. The zero-order valence-electron chi connectivity index (χ0n) is 12.3. The summed E-state index contributed by atoms with van der Waals surface area (Å²) in [6.45, 7) is 1.87. The lowest BCUT2D eigenvalue weighted by Gasteiger charge is -2.28. The van der Waals surface area contributed by atoms with Crippen molar-refractivity contribution in [2.75, 3.05) is 23.2 Å². The van der Waals surface area contributed by atoms with Gasteiger partial charge in [0.15, 0.2) is 0 Å². The molecule has 8 heteroatoms. The summed E-state index contributed by atoms with van der Waals surface area (Å²) in [7, 11) is -3.34. The van der Waals surface area contributed by atoms with Crippen molar-refractivity contribution in [3.8, 4) is 0 Å². The molecule has 1 heterocycles. The van der Waals surface area contributed by atoms with Gasteiger partial charge in [-0.1, -0.05) is 11.6 Å². The fourth-order valence-electron chi connectivity index (χ4n) is 2.27. The normalized spacial score (nSPS) is 18.8. The van der Waals surface area contributed by atoms with Gasteiger partial charge in [0, 0.05) is 12.6 Å². The molecule has 1 aliphatic heterocycles. The number of carbonyl (C=O) groups is 1. The van der Waals surface area contributed by atoms with Gasteiger partial charge in [0.25, 0.3) is 5.91 Å². The fourth-order valence-corrected chi connectivity index (χ4v) is 4.10. The summed E-state index contributed by atoms with van der Waals surface area (Å²) in [5.41, 5.74) is 0.631. The first-order valence-electron chi connectivity index (χ1n) is 7.07. The SMILES string of the molecule is C[C@@H](CO)NC(=O)c1cc(N2CCCCS2(=O)=O)ccc1Cl. The number of rotatable bonds is 4. The molecular weight excluding hydrogens is 328 g/mol. The largest absolute Gasteiger partial charge is 0.394 e. The van der Waals surface area contributed by atoms with Crippen LogP contribution in [-0.2, 0) is 10.0 Å². The number of halogens is 1. The number of hydrogen-bond donors (Lipinski definition) is 2. The van der Waals surface area contributed by atoms with Crippen LogP contribution in [0.5, 0.6) is 0 Å². The zero-order chi connectivity index (χ0) is 16.3. The minimum absolute atomic E-state index is 0.110. The van der Waals surface area contributed by atoms with Gasteiger partial charge in [-0.3, -0.25) is 9.10 Å². The number of amides is 1. The van der Waals surface area contributed by atoms with E-state index in [0.29, 0.717) is 18.7 Å². The van der Waals surface area contributed by atoms with Gasteiger partial charge in [-0.05, 0) is 38.0 Å². The number of sulfonamides is 1. The third-order valence-corrected chi connectivity index (χ3v) is 5.68. The standard InChI is InChI=1S/C14H19ClN2O4S/c1-10(9-18)16-14(19)12-8-11(4-5-13(12)15)17-6-2-3-7-22(17,20)21/h4-5,8,10,18H,2-3,6-7,9H2,1H3,(H,16,19)/t10-/m0/s1. The Kier molecular flexibility index (Phi) is 5.31. The molecule has 1 aromatic carbocycles. The Morgan fingerprint density at radius 3 is 2.82 bits per heavy atom. The topological polar surface area (TPSA) is 86.7 Å². The summed E-state index contributed by atoms with van der Waals surface area (Å²) >= 11 is 6.04. The molecule has 0 bridgehead atoms. The molecule has 1 atom stereocenters. The second-order valence-corrected chi connectivity index (χ2v) is 7.74. The Balaban J connectivity index is 2.32. The van der Waals surface area contributed by atoms with Crippen LogP contribution in [0.15, 0.2) is 18.2 Å². The monoisotopic (exact) mass is 346 g/mol. The van der Waals surface area contributed by atoms with E-state index >= 15 is 0 Å². The van der Waals surface area contributed by atoms with Gasteiger partial charge in [-0.25, -0.2) is 8.42 Å². The van der Waals surface area contributed by atoms with Gasteiger partial charge >= 0.3 is 0 Å². The van der Waals surface area contributed by atoms with Crippen LogP contribution in [0.3, 0.4) is 0 Å². The minimum atomic E-state index is -3.34. The fraction of sp³-hybridized carbons (Fsp3) is 0.500. The van der Waals surface area contributed by atoms with E-state index < -0.39 is 22.0 Å².